The van der Waals surface area contributed by atoms with Crippen molar-refractivity contribution in [3.8, 4) is 12.3 Å². The van der Waals surface area contributed by atoms with E-state index in [9.17, 15) is 20.1 Å². The van der Waals surface area contributed by atoms with Crippen LogP contribution in [0.2, 0.25) is 0 Å². The molecule has 0 bridgehead atoms. The molecule has 0 saturated carbocycles. The number of hydroxylamine groups is 1. The standard InChI is InChI=1S/C25H32N8O3/c1-18-14-19(15-26)4-5-22(18)30-10-12-31(13-11-30)24(35)20-6-9-33(16-21(20)23(34)29-36)25(28-17-27)32-7-2-3-8-32/h4-5,14,20-21,36H,2-3,6-13,16H2,1H3,(H,29,34). The molecule has 0 aliphatic carbocycles. The summed E-state index contributed by atoms with van der Waals surface area (Å²) >= 11 is 0. The van der Waals surface area contributed by atoms with E-state index in [1.54, 1.807) is 16.4 Å². The van der Waals surface area contributed by atoms with E-state index in [1.807, 2.05) is 35.0 Å². The van der Waals surface area contributed by atoms with Gasteiger partial charge in [0.05, 0.1) is 23.5 Å². The molecule has 36 heavy (non-hydrogen) atoms. The van der Waals surface area contributed by atoms with Crippen LogP contribution in [-0.4, -0.2) is 90.0 Å². The number of nitriles is 2. The Morgan fingerprint density at radius 2 is 1.72 bits per heavy atom. The number of piperidine rings is 1. The zero-order valence-corrected chi connectivity index (χ0v) is 20.6. The van der Waals surface area contributed by atoms with Gasteiger partial charge >= 0.3 is 0 Å². The minimum Gasteiger partial charge on any atom is -0.368 e. The van der Waals surface area contributed by atoms with E-state index < -0.39 is 17.7 Å². The first-order chi connectivity index (χ1) is 17.5. The average molecular weight is 493 g/mol. The Kier molecular flexibility index (Phi) is 7.91. The van der Waals surface area contributed by atoms with E-state index in [2.05, 4.69) is 16.0 Å². The number of benzene rings is 1. The lowest BCUT2D eigenvalue weighted by molar-refractivity contribution is -0.147. The average Bonchev–Trinajstić information content (AvgIpc) is 3.45. The van der Waals surface area contributed by atoms with Crippen molar-refractivity contribution in [2.75, 3.05) is 57.3 Å². The molecule has 1 aromatic carbocycles. The lowest BCUT2D eigenvalue weighted by Gasteiger charge is -2.43. The third-order valence-electron chi connectivity index (χ3n) is 7.46. The zero-order chi connectivity index (χ0) is 25.7. The molecule has 11 nitrogen and oxygen atoms in total. The monoisotopic (exact) mass is 492 g/mol. The van der Waals surface area contributed by atoms with Crippen LogP contribution in [0.4, 0.5) is 5.69 Å². The third-order valence-corrected chi connectivity index (χ3v) is 7.46. The number of rotatable bonds is 3. The van der Waals surface area contributed by atoms with Gasteiger partial charge in [0, 0.05) is 58.0 Å². The molecule has 0 spiro atoms. The summed E-state index contributed by atoms with van der Waals surface area (Å²) in [6, 6.07) is 7.77. The molecule has 11 heteroatoms. The highest BCUT2D eigenvalue weighted by Crippen LogP contribution is 2.29. The number of hydrogen-bond donors (Lipinski definition) is 2. The van der Waals surface area contributed by atoms with E-state index in [0.29, 0.717) is 50.7 Å². The topological polar surface area (TPSA) is 139 Å². The minimum atomic E-state index is -0.749. The van der Waals surface area contributed by atoms with Crippen LogP contribution in [0.15, 0.2) is 23.2 Å². The number of likely N-dealkylation sites (tertiary alicyclic amines) is 2. The lowest BCUT2D eigenvalue weighted by Crippen LogP contribution is -2.57. The van der Waals surface area contributed by atoms with Crippen LogP contribution in [-0.2, 0) is 9.59 Å². The quantitative estimate of drug-likeness (QED) is 0.209. The molecule has 2 unspecified atom stereocenters. The highest BCUT2D eigenvalue weighted by atomic mass is 16.5. The Balaban J connectivity index is 1.43. The molecule has 3 saturated heterocycles. The van der Waals surface area contributed by atoms with E-state index in [-0.39, 0.29) is 12.5 Å². The fourth-order valence-corrected chi connectivity index (χ4v) is 5.56. The summed E-state index contributed by atoms with van der Waals surface area (Å²) in [5.41, 5.74) is 4.44. The molecule has 1 aromatic rings. The summed E-state index contributed by atoms with van der Waals surface area (Å²) in [5.74, 6) is -1.44. The van der Waals surface area contributed by atoms with Gasteiger partial charge in [0.1, 0.15) is 0 Å². The number of nitrogens with one attached hydrogen (secondary N) is 1. The SMILES string of the molecule is Cc1cc(C#N)ccc1N1CCN(C(=O)C2CCN(C(=NC#N)N3CCCC3)CC2C(=O)NO)CC1. The highest BCUT2D eigenvalue weighted by Gasteiger charge is 2.42. The Bertz CT molecular complexity index is 1090. The van der Waals surface area contributed by atoms with Crippen LogP contribution < -0.4 is 10.4 Å². The van der Waals surface area contributed by atoms with Crippen molar-refractivity contribution in [2.45, 2.75) is 26.2 Å². The van der Waals surface area contributed by atoms with Gasteiger partial charge in [-0.3, -0.25) is 14.8 Å². The molecule has 3 aliphatic rings. The number of carbonyl (C=O) groups excluding carboxylic acids is 2. The summed E-state index contributed by atoms with van der Waals surface area (Å²) in [6.07, 6.45) is 4.35. The summed E-state index contributed by atoms with van der Waals surface area (Å²) in [5, 5.41) is 27.7. The maximum absolute atomic E-state index is 13.5. The van der Waals surface area contributed by atoms with Crippen molar-refractivity contribution < 1.29 is 14.8 Å². The molecule has 2 amide bonds. The highest BCUT2D eigenvalue weighted by molar-refractivity contribution is 5.89. The number of piperazine rings is 1. The van der Waals surface area contributed by atoms with E-state index in [4.69, 9.17) is 5.26 Å². The molecule has 2 atom stereocenters. The van der Waals surface area contributed by atoms with Crippen molar-refractivity contribution in [3.05, 3.63) is 29.3 Å². The van der Waals surface area contributed by atoms with Crippen molar-refractivity contribution in [2.24, 2.45) is 16.8 Å². The number of amides is 2. The van der Waals surface area contributed by atoms with E-state index >= 15 is 0 Å². The predicted molar refractivity (Wildman–Crippen MR) is 132 cm³/mol. The number of guanidine groups is 1. The Labute approximate surface area is 211 Å². The molecule has 190 valence electrons. The van der Waals surface area contributed by atoms with Crippen molar-refractivity contribution in [3.63, 3.8) is 0 Å². The number of nitrogens with zero attached hydrogens (tertiary/aromatic N) is 7. The summed E-state index contributed by atoms with van der Waals surface area (Å²) in [6.45, 7) is 6.67. The molecule has 3 heterocycles. The Morgan fingerprint density at radius 1 is 1.00 bits per heavy atom. The maximum Gasteiger partial charge on any atom is 0.249 e. The fourth-order valence-electron chi connectivity index (χ4n) is 5.56. The van der Waals surface area contributed by atoms with Gasteiger partial charge in [-0.05, 0) is 49.9 Å². The van der Waals surface area contributed by atoms with Gasteiger partial charge in [-0.2, -0.15) is 10.5 Å². The second kappa shape index (κ2) is 11.3. The molecule has 3 aliphatic heterocycles. The van der Waals surface area contributed by atoms with Gasteiger partial charge in [-0.25, -0.2) is 5.48 Å². The number of carbonyl (C=O) groups is 2. The van der Waals surface area contributed by atoms with Gasteiger partial charge in [0.25, 0.3) is 0 Å². The summed E-state index contributed by atoms with van der Waals surface area (Å²) in [4.78, 5) is 38.1. The number of anilines is 1. The van der Waals surface area contributed by atoms with Crippen molar-refractivity contribution >= 4 is 23.5 Å². The third kappa shape index (κ3) is 5.21. The van der Waals surface area contributed by atoms with E-state index in [0.717, 1.165) is 37.2 Å². The lowest BCUT2D eigenvalue weighted by atomic mass is 9.83. The first kappa shape index (κ1) is 25.3. The van der Waals surface area contributed by atoms with Crippen LogP contribution in [0.1, 0.15) is 30.4 Å². The van der Waals surface area contributed by atoms with E-state index in [1.165, 1.54) is 0 Å². The van der Waals surface area contributed by atoms with Crippen LogP contribution >= 0.6 is 0 Å². The van der Waals surface area contributed by atoms with Crippen LogP contribution in [0.5, 0.6) is 0 Å². The predicted octanol–water partition coefficient (Wildman–Crippen LogP) is 0.892. The van der Waals surface area contributed by atoms with Gasteiger partial charge in [0.15, 0.2) is 0 Å². The Hall–Kier alpha value is -3.83. The molecule has 2 N–H and O–H groups in total. The van der Waals surface area contributed by atoms with Gasteiger partial charge in [0.2, 0.25) is 24.0 Å². The van der Waals surface area contributed by atoms with Gasteiger partial charge in [-0.15, -0.1) is 4.99 Å². The molecule has 0 aromatic heterocycles. The zero-order valence-electron chi connectivity index (χ0n) is 20.6. The largest absolute Gasteiger partial charge is 0.368 e. The maximum atomic E-state index is 13.5. The first-order valence-electron chi connectivity index (χ1n) is 12.4. The number of hydrogen-bond acceptors (Lipinski definition) is 7. The molecule has 4 rings (SSSR count). The van der Waals surface area contributed by atoms with Gasteiger partial charge < -0.3 is 19.6 Å². The molecular weight excluding hydrogens is 460 g/mol. The second-order valence-corrected chi connectivity index (χ2v) is 9.56. The molecule has 3 fully saturated rings. The normalized spacial score (nSPS) is 22.7. The first-order valence-corrected chi connectivity index (χ1v) is 12.4. The van der Waals surface area contributed by atoms with Crippen molar-refractivity contribution in [1.29, 1.82) is 10.5 Å². The molecule has 0 radical (unpaired) electrons. The van der Waals surface area contributed by atoms with Crippen molar-refractivity contribution in [1.82, 2.24) is 20.2 Å². The van der Waals surface area contributed by atoms with Crippen LogP contribution in [0, 0.1) is 41.5 Å². The number of aryl methyl sites for hydroxylation is 1. The Morgan fingerprint density at radius 3 is 2.33 bits per heavy atom. The fraction of sp³-hybridized carbons (Fsp3) is 0.560. The van der Waals surface area contributed by atoms with Crippen LogP contribution in [0.3, 0.4) is 0 Å². The number of aliphatic imine (C=N–C) groups is 1. The van der Waals surface area contributed by atoms with Gasteiger partial charge in [-0.1, -0.05) is 0 Å². The summed E-state index contributed by atoms with van der Waals surface area (Å²) < 4.78 is 0. The van der Waals surface area contributed by atoms with Crippen LogP contribution in [0.25, 0.3) is 0 Å². The smallest absolute Gasteiger partial charge is 0.249 e. The molecular formula is C25H32N8O3. The second-order valence-electron chi connectivity index (χ2n) is 9.56. The minimum absolute atomic E-state index is 0.0839. The summed E-state index contributed by atoms with van der Waals surface area (Å²) in [7, 11) is 0.